The summed E-state index contributed by atoms with van der Waals surface area (Å²) in [5.74, 6) is -3.35. The lowest BCUT2D eigenvalue weighted by atomic mass is 9.96. The Morgan fingerprint density at radius 3 is 1.94 bits per heavy atom. The second-order valence-corrected chi connectivity index (χ2v) is 9.34. The summed E-state index contributed by atoms with van der Waals surface area (Å²) in [4.78, 5) is 54.3. The fraction of sp³-hybridized carbons (Fsp3) is 0.783. The van der Waals surface area contributed by atoms with Crippen LogP contribution in [0.4, 0.5) is 0 Å². The molecule has 36 heavy (non-hydrogen) atoms. The van der Waals surface area contributed by atoms with Crippen molar-refractivity contribution in [3.8, 4) is 0 Å². The van der Waals surface area contributed by atoms with E-state index in [1.54, 1.807) is 20.8 Å². The van der Waals surface area contributed by atoms with Crippen molar-refractivity contribution < 1.29 is 24.3 Å². The molecule has 0 bridgehead atoms. The minimum atomic E-state index is -1.18. The Labute approximate surface area is 213 Å². The summed E-state index contributed by atoms with van der Waals surface area (Å²) < 4.78 is 0. The fourth-order valence-electron chi connectivity index (χ4n) is 3.31. The first-order valence-electron chi connectivity index (χ1n) is 12.5. The zero-order valence-electron chi connectivity index (χ0n) is 22.0. The van der Waals surface area contributed by atoms with Crippen LogP contribution in [0.15, 0.2) is 4.99 Å². The number of carboxylic acids is 1. The summed E-state index contributed by atoms with van der Waals surface area (Å²) >= 11 is 0. The van der Waals surface area contributed by atoms with Gasteiger partial charge in [0.25, 0.3) is 0 Å². The lowest BCUT2D eigenvalue weighted by Crippen LogP contribution is -2.59. The second kappa shape index (κ2) is 17.5. The first-order chi connectivity index (χ1) is 16.8. The van der Waals surface area contributed by atoms with Crippen molar-refractivity contribution in [3.63, 3.8) is 0 Å². The summed E-state index contributed by atoms with van der Waals surface area (Å²) in [6.45, 7) is 7.90. The molecule has 12 N–H and O–H groups in total. The molecule has 5 unspecified atom stereocenters. The first-order valence-corrected chi connectivity index (χ1v) is 12.5. The Hall–Kier alpha value is -2.93. The van der Waals surface area contributed by atoms with E-state index >= 15 is 0 Å². The van der Waals surface area contributed by atoms with Crippen LogP contribution >= 0.6 is 0 Å². The van der Waals surface area contributed by atoms with Crippen molar-refractivity contribution in [1.82, 2.24) is 16.0 Å². The molecule has 0 aromatic heterocycles. The average molecular weight is 515 g/mol. The topological polar surface area (TPSA) is 241 Å². The van der Waals surface area contributed by atoms with Gasteiger partial charge >= 0.3 is 5.97 Å². The predicted octanol–water partition coefficient (Wildman–Crippen LogP) is -1.26. The van der Waals surface area contributed by atoms with Crippen LogP contribution in [0, 0.1) is 11.8 Å². The number of guanidine groups is 1. The smallest absolute Gasteiger partial charge is 0.326 e. The Morgan fingerprint density at radius 1 is 0.861 bits per heavy atom. The average Bonchev–Trinajstić information content (AvgIpc) is 2.81. The molecule has 0 saturated heterocycles. The van der Waals surface area contributed by atoms with Gasteiger partial charge in [-0.25, -0.2) is 4.79 Å². The van der Waals surface area contributed by atoms with Crippen molar-refractivity contribution in [2.24, 2.45) is 39.8 Å². The minimum Gasteiger partial charge on any atom is -0.480 e. The Bertz CT molecular complexity index is 742. The van der Waals surface area contributed by atoms with E-state index in [-0.39, 0.29) is 37.2 Å². The van der Waals surface area contributed by atoms with Crippen molar-refractivity contribution in [1.29, 1.82) is 0 Å². The number of unbranched alkanes of at least 4 members (excludes halogenated alkanes) is 1. The molecule has 0 aliphatic carbocycles. The third-order valence-corrected chi connectivity index (χ3v) is 5.95. The van der Waals surface area contributed by atoms with E-state index in [4.69, 9.17) is 22.9 Å². The molecule has 0 aromatic rings. The Kier molecular flexibility index (Phi) is 16.1. The van der Waals surface area contributed by atoms with Crippen molar-refractivity contribution in [3.05, 3.63) is 0 Å². The molecular formula is C23H46N8O5. The fourth-order valence-corrected chi connectivity index (χ4v) is 3.31. The summed E-state index contributed by atoms with van der Waals surface area (Å²) in [5.41, 5.74) is 22.1. The number of carboxylic acid groups (broad SMARTS) is 1. The summed E-state index contributed by atoms with van der Waals surface area (Å²) in [6.07, 6.45) is 2.42. The second-order valence-electron chi connectivity index (χ2n) is 9.34. The highest BCUT2D eigenvalue weighted by Crippen LogP contribution is 2.11. The number of amides is 3. The number of aliphatic imine (C=N–C) groups is 1. The Balaban J connectivity index is 5.65. The van der Waals surface area contributed by atoms with Gasteiger partial charge in [0.2, 0.25) is 17.7 Å². The minimum absolute atomic E-state index is 0.105. The molecule has 13 heteroatoms. The molecule has 0 fully saturated rings. The van der Waals surface area contributed by atoms with Gasteiger partial charge in [0.15, 0.2) is 5.96 Å². The molecule has 0 spiro atoms. The molecule has 5 atom stereocenters. The predicted molar refractivity (Wildman–Crippen MR) is 139 cm³/mol. The SMILES string of the molecule is CCC(C)C(NC(=O)C(N)C(C)C)C(=O)NC(CCCN=C(N)N)C(=O)NC(CCCCN)C(=O)O. The van der Waals surface area contributed by atoms with Crippen LogP contribution in [0.1, 0.15) is 66.2 Å². The Morgan fingerprint density at radius 2 is 1.44 bits per heavy atom. The number of hydrogen-bond donors (Lipinski definition) is 8. The molecule has 0 aromatic carbocycles. The van der Waals surface area contributed by atoms with Crippen molar-refractivity contribution in [2.75, 3.05) is 13.1 Å². The maximum Gasteiger partial charge on any atom is 0.326 e. The standard InChI is InChI=1S/C23H46N8O5/c1-5-14(4)18(31-20(33)17(25)13(2)3)21(34)29-15(10-8-12-28-23(26)27)19(32)30-16(22(35)36)9-6-7-11-24/h13-18H,5-12,24-25H2,1-4H3,(H,29,34)(H,30,32)(H,31,33)(H,35,36)(H4,26,27,28). The van der Waals surface area contributed by atoms with Crippen LogP contribution in [0.5, 0.6) is 0 Å². The number of rotatable bonds is 18. The third kappa shape index (κ3) is 12.7. The molecule has 13 nitrogen and oxygen atoms in total. The van der Waals surface area contributed by atoms with Crippen LogP contribution in [0.25, 0.3) is 0 Å². The maximum absolute atomic E-state index is 13.2. The molecule has 0 rings (SSSR count). The summed E-state index contributed by atoms with van der Waals surface area (Å²) in [7, 11) is 0. The van der Waals surface area contributed by atoms with E-state index in [0.717, 1.165) is 0 Å². The zero-order chi connectivity index (χ0) is 27.8. The molecule has 0 radical (unpaired) electrons. The lowest BCUT2D eigenvalue weighted by Gasteiger charge is -2.28. The van der Waals surface area contributed by atoms with Gasteiger partial charge in [0.05, 0.1) is 6.04 Å². The van der Waals surface area contributed by atoms with E-state index in [2.05, 4.69) is 20.9 Å². The van der Waals surface area contributed by atoms with E-state index in [0.29, 0.717) is 32.2 Å². The molecule has 0 heterocycles. The third-order valence-electron chi connectivity index (χ3n) is 5.95. The monoisotopic (exact) mass is 514 g/mol. The van der Waals surface area contributed by atoms with Gasteiger partial charge in [-0.3, -0.25) is 19.4 Å². The summed E-state index contributed by atoms with van der Waals surface area (Å²) in [5, 5.41) is 17.4. The molecule has 208 valence electrons. The molecule has 0 aliphatic heterocycles. The van der Waals surface area contributed by atoms with Gasteiger partial charge in [-0.05, 0) is 50.5 Å². The van der Waals surface area contributed by atoms with Crippen molar-refractivity contribution >= 4 is 29.7 Å². The highest BCUT2D eigenvalue weighted by atomic mass is 16.4. The number of carbonyl (C=O) groups excluding carboxylic acids is 3. The number of carbonyl (C=O) groups is 4. The van der Waals surface area contributed by atoms with E-state index < -0.39 is 47.9 Å². The number of hydrogen-bond acceptors (Lipinski definition) is 7. The molecule has 3 amide bonds. The zero-order valence-corrected chi connectivity index (χ0v) is 22.0. The number of nitrogens with one attached hydrogen (secondary N) is 3. The van der Waals surface area contributed by atoms with E-state index in [1.807, 2.05) is 6.92 Å². The van der Waals surface area contributed by atoms with Gasteiger partial charge in [0.1, 0.15) is 18.1 Å². The van der Waals surface area contributed by atoms with Crippen LogP contribution in [0.2, 0.25) is 0 Å². The highest BCUT2D eigenvalue weighted by Gasteiger charge is 2.32. The van der Waals surface area contributed by atoms with Crippen LogP contribution in [0.3, 0.4) is 0 Å². The lowest BCUT2D eigenvalue weighted by molar-refractivity contribution is -0.142. The van der Waals surface area contributed by atoms with E-state index in [9.17, 15) is 24.3 Å². The first kappa shape index (κ1) is 33.1. The van der Waals surface area contributed by atoms with Crippen LogP contribution in [-0.4, -0.2) is 72.0 Å². The molecular weight excluding hydrogens is 468 g/mol. The number of aliphatic carboxylic acids is 1. The van der Waals surface area contributed by atoms with Gasteiger partial charge in [-0.2, -0.15) is 0 Å². The number of nitrogens with two attached hydrogens (primary N) is 4. The largest absolute Gasteiger partial charge is 0.480 e. The van der Waals surface area contributed by atoms with Gasteiger partial charge in [0, 0.05) is 6.54 Å². The number of nitrogens with zero attached hydrogens (tertiary/aromatic N) is 1. The molecule has 0 saturated carbocycles. The summed E-state index contributed by atoms with van der Waals surface area (Å²) in [6, 6.07) is -3.92. The van der Waals surface area contributed by atoms with E-state index in [1.165, 1.54) is 0 Å². The van der Waals surface area contributed by atoms with Crippen LogP contribution < -0.4 is 38.9 Å². The normalized spacial score (nSPS) is 15.2. The quantitative estimate of drug-likeness (QED) is 0.0617. The van der Waals surface area contributed by atoms with Gasteiger partial charge in [-0.15, -0.1) is 0 Å². The molecule has 0 aliphatic rings. The van der Waals surface area contributed by atoms with Gasteiger partial charge < -0.3 is 44.0 Å². The highest BCUT2D eigenvalue weighted by molar-refractivity contribution is 5.94. The maximum atomic E-state index is 13.2. The van der Waals surface area contributed by atoms with Crippen LogP contribution in [-0.2, 0) is 19.2 Å². The van der Waals surface area contributed by atoms with Crippen molar-refractivity contribution in [2.45, 2.75) is 90.4 Å². The van der Waals surface area contributed by atoms with Gasteiger partial charge in [-0.1, -0.05) is 34.1 Å².